The van der Waals surface area contributed by atoms with Crippen molar-refractivity contribution < 1.29 is 4.79 Å². The van der Waals surface area contributed by atoms with Crippen LogP contribution in [0.1, 0.15) is 19.4 Å². The van der Waals surface area contributed by atoms with Gasteiger partial charge in [-0.1, -0.05) is 12.1 Å². The summed E-state index contributed by atoms with van der Waals surface area (Å²) in [5, 5.41) is 7.61. The number of benzene rings is 1. The quantitative estimate of drug-likeness (QED) is 0.783. The van der Waals surface area contributed by atoms with Gasteiger partial charge >= 0.3 is 0 Å². The molecule has 0 aliphatic carbocycles. The smallest absolute Gasteiger partial charge is 0.223 e. The van der Waals surface area contributed by atoms with Gasteiger partial charge < -0.3 is 10.2 Å². The number of hydrogen-bond acceptors (Lipinski definition) is 4. The summed E-state index contributed by atoms with van der Waals surface area (Å²) < 4.78 is 1.84. The Bertz CT molecular complexity index is 871. The lowest BCUT2D eigenvalue weighted by molar-refractivity contribution is -0.116. The van der Waals surface area contributed by atoms with Gasteiger partial charge in [0.05, 0.1) is 11.9 Å². The van der Waals surface area contributed by atoms with Crippen molar-refractivity contribution in [2.24, 2.45) is 0 Å². The van der Waals surface area contributed by atoms with Crippen LogP contribution in [0.2, 0.25) is 0 Å². The average Bonchev–Trinajstić information content (AvgIpc) is 2.99. The Labute approximate surface area is 141 Å². The third-order valence-electron chi connectivity index (χ3n) is 3.99. The van der Waals surface area contributed by atoms with E-state index in [4.69, 9.17) is 0 Å². The second kappa shape index (κ2) is 6.80. The molecule has 0 bridgehead atoms. The highest BCUT2D eigenvalue weighted by Gasteiger charge is 2.13. The summed E-state index contributed by atoms with van der Waals surface area (Å²) in [5.41, 5.74) is 4.72. The fourth-order valence-electron chi connectivity index (χ4n) is 2.89. The Balaban J connectivity index is 2.09. The standard InChI is InChI=1S/C18H21N5O/c1-4-22(13(2)24)16-7-5-6-14(10-16)17-8-9-20-18-15(11-19-3)12-21-23(17)18/h5-10,12,19H,4,11H2,1-3H3. The van der Waals surface area contributed by atoms with Crippen LogP contribution >= 0.6 is 0 Å². The first kappa shape index (κ1) is 16.1. The van der Waals surface area contributed by atoms with Crippen LogP contribution < -0.4 is 10.2 Å². The zero-order valence-electron chi connectivity index (χ0n) is 14.2. The van der Waals surface area contributed by atoms with Gasteiger partial charge in [0.25, 0.3) is 0 Å². The summed E-state index contributed by atoms with van der Waals surface area (Å²) in [7, 11) is 1.90. The van der Waals surface area contributed by atoms with Crippen molar-refractivity contribution in [1.29, 1.82) is 0 Å². The Morgan fingerprint density at radius 1 is 1.33 bits per heavy atom. The molecule has 0 unspecified atom stereocenters. The van der Waals surface area contributed by atoms with Crippen LogP contribution in [0.5, 0.6) is 0 Å². The molecule has 1 N–H and O–H groups in total. The van der Waals surface area contributed by atoms with Gasteiger partial charge in [-0.2, -0.15) is 5.10 Å². The second-order valence-corrected chi connectivity index (χ2v) is 5.58. The zero-order chi connectivity index (χ0) is 17.1. The third kappa shape index (κ3) is 2.88. The van der Waals surface area contributed by atoms with E-state index in [0.29, 0.717) is 13.1 Å². The Hall–Kier alpha value is -2.73. The van der Waals surface area contributed by atoms with Crippen LogP contribution in [0.15, 0.2) is 42.7 Å². The summed E-state index contributed by atoms with van der Waals surface area (Å²) >= 11 is 0. The number of aromatic nitrogens is 3. The summed E-state index contributed by atoms with van der Waals surface area (Å²) in [6.07, 6.45) is 3.63. The van der Waals surface area contributed by atoms with Crippen LogP contribution in [0, 0.1) is 0 Å². The first-order chi connectivity index (χ1) is 11.7. The minimum atomic E-state index is 0.0323. The van der Waals surface area contributed by atoms with Gasteiger partial charge in [-0.3, -0.25) is 4.79 Å². The third-order valence-corrected chi connectivity index (χ3v) is 3.99. The molecule has 1 amide bonds. The van der Waals surface area contributed by atoms with E-state index in [0.717, 1.165) is 28.2 Å². The van der Waals surface area contributed by atoms with Crippen LogP contribution in [-0.2, 0) is 11.3 Å². The van der Waals surface area contributed by atoms with Crippen molar-refractivity contribution in [2.45, 2.75) is 20.4 Å². The second-order valence-electron chi connectivity index (χ2n) is 5.58. The van der Waals surface area contributed by atoms with Crippen LogP contribution in [0.25, 0.3) is 16.9 Å². The van der Waals surface area contributed by atoms with E-state index in [1.165, 1.54) is 0 Å². The van der Waals surface area contributed by atoms with E-state index >= 15 is 0 Å². The molecule has 0 atom stereocenters. The lowest BCUT2D eigenvalue weighted by Gasteiger charge is -2.19. The van der Waals surface area contributed by atoms with E-state index < -0.39 is 0 Å². The van der Waals surface area contributed by atoms with E-state index in [1.54, 1.807) is 18.0 Å². The molecule has 6 heteroatoms. The molecular formula is C18H21N5O. The molecule has 2 aromatic heterocycles. The van der Waals surface area contributed by atoms with Crippen molar-refractivity contribution in [3.05, 3.63) is 48.3 Å². The number of carbonyl (C=O) groups excluding carboxylic acids is 1. The molecule has 6 nitrogen and oxygen atoms in total. The average molecular weight is 323 g/mol. The fraction of sp³-hybridized carbons (Fsp3) is 0.278. The minimum absolute atomic E-state index is 0.0323. The van der Waals surface area contributed by atoms with Gasteiger partial charge in [0.1, 0.15) is 0 Å². The number of fused-ring (bicyclic) bond motifs is 1. The maximum absolute atomic E-state index is 11.8. The van der Waals surface area contributed by atoms with Crippen LogP contribution in [-0.4, -0.2) is 34.1 Å². The largest absolute Gasteiger partial charge is 0.315 e. The maximum atomic E-state index is 11.8. The number of nitrogens with one attached hydrogen (secondary N) is 1. The van der Waals surface area contributed by atoms with Crippen LogP contribution in [0.3, 0.4) is 0 Å². The van der Waals surface area contributed by atoms with Crippen molar-refractivity contribution in [3.8, 4) is 11.3 Å². The van der Waals surface area contributed by atoms with Gasteiger partial charge in [0.15, 0.2) is 5.65 Å². The first-order valence-corrected chi connectivity index (χ1v) is 8.00. The molecule has 3 rings (SSSR count). The van der Waals surface area contributed by atoms with Crippen LogP contribution in [0.4, 0.5) is 5.69 Å². The fourth-order valence-corrected chi connectivity index (χ4v) is 2.89. The Morgan fingerprint density at radius 2 is 2.17 bits per heavy atom. The van der Waals surface area contributed by atoms with Gasteiger partial charge in [-0.15, -0.1) is 0 Å². The predicted octanol–water partition coefficient (Wildman–Crippen LogP) is 2.49. The van der Waals surface area contributed by atoms with Crippen molar-refractivity contribution in [1.82, 2.24) is 19.9 Å². The van der Waals surface area contributed by atoms with Gasteiger partial charge in [-0.25, -0.2) is 9.50 Å². The number of amides is 1. The zero-order valence-corrected chi connectivity index (χ0v) is 14.2. The molecule has 0 spiro atoms. The molecule has 124 valence electrons. The lowest BCUT2D eigenvalue weighted by Crippen LogP contribution is -2.27. The van der Waals surface area contributed by atoms with E-state index in [1.807, 2.05) is 55.0 Å². The lowest BCUT2D eigenvalue weighted by atomic mass is 10.1. The van der Waals surface area contributed by atoms with E-state index in [2.05, 4.69) is 15.4 Å². The topological polar surface area (TPSA) is 62.5 Å². The van der Waals surface area contributed by atoms with E-state index in [9.17, 15) is 4.79 Å². The Kier molecular flexibility index (Phi) is 4.57. The number of anilines is 1. The molecule has 0 saturated carbocycles. The maximum Gasteiger partial charge on any atom is 0.223 e. The van der Waals surface area contributed by atoms with E-state index in [-0.39, 0.29) is 5.91 Å². The molecule has 0 radical (unpaired) electrons. The Morgan fingerprint density at radius 3 is 2.88 bits per heavy atom. The van der Waals surface area contributed by atoms with Gasteiger partial charge in [0, 0.05) is 43.0 Å². The minimum Gasteiger partial charge on any atom is -0.315 e. The van der Waals surface area contributed by atoms with Crippen molar-refractivity contribution >= 4 is 17.2 Å². The molecule has 24 heavy (non-hydrogen) atoms. The first-order valence-electron chi connectivity index (χ1n) is 8.00. The summed E-state index contributed by atoms with van der Waals surface area (Å²) in [6.45, 7) is 4.90. The monoisotopic (exact) mass is 323 g/mol. The molecule has 0 fully saturated rings. The molecule has 3 aromatic rings. The molecule has 0 aliphatic rings. The predicted molar refractivity (Wildman–Crippen MR) is 94.9 cm³/mol. The number of carbonyl (C=O) groups is 1. The van der Waals surface area contributed by atoms with Gasteiger partial charge in [0.2, 0.25) is 5.91 Å². The van der Waals surface area contributed by atoms with Crippen molar-refractivity contribution in [3.63, 3.8) is 0 Å². The molecule has 1 aromatic carbocycles. The molecular weight excluding hydrogens is 302 g/mol. The number of nitrogens with zero attached hydrogens (tertiary/aromatic N) is 4. The highest BCUT2D eigenvalue weighted by Crippen LogP contribution is 2.25. The SMILES string of the molecule is CCN(C(C)=O)c1cccc(-c2ccnc3c(CNC)cnn23)c1. The molecule has 0 saturated heterocycles. The van der Waals surface area contributed by atoms with Crippen molar-refractivity contribution in [2.75, 3.05) is 18.5 Å². The highest BCUT2D eigenvalue weighted by molar-refractivity contribution is 5.92. The summed E-state index contributed by atoms with van der Waals surface area (Å²) in [5.74, 6) is 0.0323. The summed E-state index contributed by atoms with van der Waals surface area (Å²) in [6, 6.07) is 9.87. The summed E-state index contributed by atoms with van der Waals surface area (Å²) in [4.78, 5) is 18.0. The molecule has 0 aliphatic heterocycles. The molecule has 2 heterocycles. The number of hydrogen-bond donors (Lipinski definition) is 1. The highest BCUT2D eigenvalue weighted by atomic mass is 16.2. The number of rotatable bonds is 5. The van der Waals surface area contributed by atoms with Gasteiger partial charge in [-0.05, 0) is 32.2 Å². The normalized spacial score (nSPS) is 11.0.